The first-order chi connectivity index (χ1) is 6.50. The summed E-state index contributed by atoms with van der Waals surface area (Å²) in [6.45, 7) is 8.84. The van der Waals surface area contributed by atoms with Gasteiger partial charge in [-0.15, -0.1) is 11.8 Å². The predicted molar refractivity (Wildman–Crippen MR) is 66.8 cm³/mol. The number of halogens is 1. The molecule has 3 heteroatoms. The van der Waals surface area contributed by atoms with Crippen LogP contribution in [0, 0.1) is 12.8 Å². The standard InChI is InChI=1S/C11H16BrNS/c1-7(2)9(4)14-11-8(3)5-10(12)6-13-11/h5-7,9H,1-4H3. The van der Waals surface area contributed by atoms with E-state index in [0.29, 0.717) is 11.2 Å². The first-order valence-electron chi connectivity index (χ1n) is 4.79. The number of rotatable bonds is 3. The number of hydrogen-bond donors (Lipinski definition) is 0. The normalized spacial score (nSPS) is 13.3. The van der Waals surface area contributed by atoms with Gasteiger partial charge in [-0.25, -0.2) is 4.98 Å². The van der Waals surface area contributed by atoms with Crippen LogP contribution in [0.1, 0.15) is 26.3 Å². The Balaban J connectivity index is 2.77. The molecule has 1 atom stereocenters. The predicted octanol–water partition coefficient (Wildman–Crippen LogP) is 4.29. The van der Waals surface area contributed by atoms with E-state index in [1.807, 2.05) is 18.0 Å². The van der Waals surface area contributed by atoms with Crippen molar-refractivity contribution in [2.75, 3.05) is 0 Å². The minimum Gasteiger partial charge on any atom is -0.248 e. The van der Waals surface area contributed by atoms with Crippen LogP contribution in [0.3, 0.4) is 0 Å². The maximum atomic E-state index is 4.42. The molecule has 0 spiro atoms. The molecule has 0 saturated heterocycles. The Kier molecular flexibility index (Phi) is 4.45. The fraction of sp³-hybridized carbons (Fsp3) is 0.545. The summed E-state index contributed by atoms with van der Waals surface area (Å²) in [5.41, 5.74) is 1.25. The highest BCUT2D eigenvalue weighted by atomic mass is 79.9. The van der Waals surface area contributed by atoms with E-state index < -0.39 is 0 Å². The summed E-state index contributed by atoms with van der Waals surface area (Å²) < 4.78 is 1.05. The quantitative estimate of drug-likeness (QED) is 0.763. The Morgan fingerprint density at radius 2 is 2.00 bits per heavy atom. The van der Waals surface area contributed by atoms with E-state index in [4.69, 9.17) is 0 Å². The molecule has 0 amide bonds. The third kappa shape index (κ3) is 3.28. The average molecular weight is 274 g/mol. The molecule has 0 radical (unpaired) electrons. The number of thioether (sulfide) groups is 1. The molecule has 0 aliphatic carbocycles. The number of pyridine rings is 1. The SMILES string of the molecule is Cc1cc(Br)cnc1SC(C)C(C)C. The molecule has 0 bridgehead atoms. The molecular formula is C11H16BrNS. The van der Waals surface area contributed by atoms with E-state index >= 15 is 0 Å². The smallest absolute Gasteiger partial charge is 0.0992 e. The van der Waals surface area contributed by atoms with Gasteiger partial charge in [-0.05, 0) is 40.4 Å². The summed E-state index contributed by atoms with van der Waals surface area (Å²) >= 11 is 5.27. The molecule has 0 aromatic carbocycles. The lowest BCUT2D eigenvalue weighted by molar-refractivity contribution is 0.641. The van der Waals surface area contributed by atoms with Crippen LogP contribution >= 0.6 is 27.7 Å². The van der Waals surface area contributed by atoms with Crippen molar-refractivity contribution >= 4 is 27.7 Å². The lowest BCUT2D eigenvalue weighted by Crippen LogP contribution is -2.06. The molecule has 14 heavy (non-hydrogen) atoms. The first kappa shape index (κ1) is 12.1. The van der Waals surface area contributed by atoms with Crippen LogP contribution in [0.4, 0.5) is 0 Å². The van der Waals surface area contributed by atoms with Crippen LogP contribution in [-0.4, -0.2) is 10.2 Å². The molecule has 1 unspecified atom stereocenters. The van der Waals surface area contributed by atoms with E-state index in [9.17, 15) is 0 Å². The summed E-state index contributed by atoms with van der Waals surface area (Å²) in [4.78, 5) is 4.42. The molecule has 0 saturated carbocycles. The summed E-state index contributed by atoms with van der Waals surface area (Å²) in [5, 5.41) is 1.76. The fourth-order valence-electron chi connectivity index (χ4n) is 0.963. The zero-order valence-corrected chi connectivity index (χ0v) is 11.4. The van der Waals surface area contributed by atoms with Crippen molar-refractivity contribution in [1.82, 2.24) is 4.98 Å². The van der Waals surface area contributed by atoms with Crippen LogP contribution in [0.5, 0.6) is 0 Å². The van der Waals surface area contributed by atoms with Gasteiger partial charge in [0.15, 0.2) is 0 Å². The van der Waals surface area contributed by atoms with Crippen LogP contribution in [0.15, 0.2) is 21.8 Å². The Bertz CT molecular complexity index is 312. The molecule has 78 valence electrons. The molecule has 1 nitrogen and oxygen atoms in total. The van der Waals surface area contributed by atoms with E-state index in [2.05, 4.69) is 54.7 Å². The van der Waals surface area contributed by atoms with Crippen molar-refractivity contribution in [2.45, 2.75) is 38.0 Å². The van der Waals surface area contributed by atoms with Crippen molar-refractivity contribution in [2.24, 2.45) is 5.92 Å². The van der Waals surface area contributed by atoms with Crippen molar-refractivity contribution in [3.8, 4) is 0 Å². The van der Waals surface area contributed by atoms with Crippen LogP contribution < -0.4 is 0 Å². The second-order valence-corrected chi connectivity index (χ2v) is 6.12. The Morgan fingerprint density at radius 1 is 1.36 bits per heavy atom. The summed E-state index contributed by atoms with van der Waals surface area (Å²) in [7, 11) is 0. The van der Waals surface area contributed by atoms with Gasteiger partial charge in [-0.1, -0.05) is 20.8 Å². The Hall–Kier alpha value is -0.0200. The van der Waals surface area contributed by atoms with E-state index in [-0.39, 0.29) is 0 Å². The van der Waals surface area contributed by atoms with Gasteiger partial charge in [0.25, 0.3) is 0 Å². The van der Waals surface area contributed by atoms with Gasteiger partial charge in [0.2, 0.25) is 0 Å². The number of aromatic nitrogens is 1. The van der Waals surface area contributed by atoms with Crippen LogP contribution in [0.25, 0.3) is 0 Å². The van der Waals surface area contributed by atoms with Gasteiger partial charge >= 0.3 is 0 Å². The van der Waals surface area contributed by atoms with E-state index in [1.54, 1.807) is 0 Å². The van der Waals surface area contributed by atoms with Crippen molar-refractivity contribution in [1.29, 1.82) is 0 Å². The van der Waals surface area contributed by atoms with Gasteiger partial charge < -0.3 is 0 Å². The van der Waals surface area contributed by atoms with Gasteiger partial charge in [-0.2, -0.15) is 0 Å². The van der Waals surface area contributed by atoms with Crippen LogP contribution in [0.2, 0.25) is 0 Å². The van der Waals surface area contributed by atoms with Crippen LogP contribution in [-0.2, 0) is 0 Å². The third-order valence-electron chi connectivity index (χ3n) is 2.23. The molecule has 1 rings (SSSR count). The first-order valence-corrected chi connectivity index (χ1v) is 6.46. The third-order valence-corrected chi connectivity index (χ3v) is 4.23. The molecular weight excluding hydrogens is 258 g/mol. The molecule has 0 aliphatic rings. The van der Waals surface area contributed by atoms with E-state index in [0.717, 1.165) is 9.50 Å². The maximum Gasteiger partial charge on any atom is 0.0992 e. The second kappa shape index (κ2) is 5.17. The largest absolute Gasteiger partial charge is 0.248 e. The maximum absolute atomic E-state index is 4.42. The summed E-state index contributed by atoms with van der Waals surface area (Å²) in [6.07, 6.45) is 1.86. The zero-order chi connectivity index (χ0) is 10.7. The highest BCUT2D eigenvalue weighted by Crippen LogP contribution is 2.29. The topological polar surface area (TPSA) is 12.9 Å². The monoisotopic (exact) mass is 273 g/mol. The second-order valence-electron chi connectivity index (χ2n) is 3.84. The number of hydrogen-bond acceptors (Lipinski definition) is 2. The summed E-state index contributed by atoms with van der Waals surface area (Å²) in [5.74, 6) is 0.685. The van der Waals surface area contributed by atoms with Gasteiger partial charge in [0.05, 0.1) is 5.03 Å². The molecule has 0 fully saturated rings. The minimum absolute atomic E-state index is 0.613. The molecule has 0 N–H and O–H groups in total. The number of aryl methyl sites for hydroxylation is 1. The molecule has 1 aromatic rings. The highest BCUT2D eigenvalue weighted by Gasteiger charge is 2.11. The molecule has 1 aromatic heterocycles. The lowest BCUT2D eigenvalue weighted by Gasteiger charge is -2.15. The minimum atomic E-state index is 0.613. The van der Waals surface area contributed by atoms with Gasteiger partial charge in [0.1, 0.15) is 0 Å². The molecule has 1 heterocycles. The fourth-order valence-corrected chi connectivity index (χ4v) is 2.39. The van der Waals surface area contributed by atoms with Crippen molar-refractivity contribution in [3.05, 3.63) is 22.3 Å². The van der Waals surface area contributed by atoms with Gasteiger partial charge in [0, 0.05) is 15.9 Å². The zero-order valence-electron chi connectivity index (χ0n) is 9.04. The van der Waals surface area contributed by atoms with Crippen molar-refractivity contribution < 1.29 is 0 Å². The molecule has 0 aliphatic heterocycles. The highest BCUT2D eigenvalue weighted by molar-refractivity contribution is 9.10. The van der Waals surface area contributed by atoms with Gasteiger partial charge in [-0.3, -0.25) is 0 Å². The Labute approximate surface area is 98.8 Å². The summed E-state index contributed by atoms with van der Waals surface area (Å²) in [6, 6.07) is 2.11. The Morgan fingerprint density at radius 3 is 2.50 bits per heavy atom. The number of nitrogens with zero attached hydrogens (tertiary/aromatic N) is 1. The average Bonchev–Trinajstić information content (AvgIpc) is 2.09. The van der Waals surface area contributed by atoms with E-state index in [1.165, 1.54) is 5.56 Å². The van der Waals surface area contributed by atoms with Crippen molar-refractivity contribution in [3.63, 3.8) is 0 Å². The lowest BCUT2D eigenvalue weighted by atomic mass is 10.2.